The maximum absolute atomic E-state index is 8.96. The molecule has 0 atom stereocenters. The van der Waals surface area contributed by atoms with E-state index >= 15 is 0 Å². The monoisotopic (exact) mass is 214 g/mol. The number of nitriles is 1. The summed E-state index contributed by atoms with van der Waals surface area (Å²) in [7, 11) is 3.14. The number of methoxy groups -OCH3 is 2. The average molecular weight is 214 g/mol. The highest BCUT2D eigenvalue weighted by molar-refractivity contribution is 5.93. The summed E-state index contributed by atoms with van der Waals surface area (Å²) < 4.78 is 10.5. The van der Waals surface area contributed by atoms with E-state index in [1.54, 1.807) is 26.5 Å². The number of ether oxygens (including phenoxy) is 2. The smallest absolute Gasteiger partial charge is 0.170 e. The van der Waals surface area contributed by atoms with E-state index in [9.17, 15) is 0 Å². The molecule has 80 valence electrons. The number of rotatable bonds is 2. The molecular weight excluding hydrogens is 204 g/mol. The van der Waals surface area contributed by atoms with Crippen LogP contribution in [0.4, 0.5) is 0 Å². The van der Waals surface area contributed by atoms with Crippen LogP contribution in [0.5, 0.6) is 11.5 Å². The third-order valence-electron chi connectivity index (χ3n) is 2.40. The van der Waals surface area contributed by atoms with Crippen LogP contribution < -0.4 is 9.47 Å². The molecule has 0 aliphatic carbocycles. The van der Waals surface area contributed by atoms with Gasteiger partial charge in [0.05, 0.1) is 19.8 Å². The Labute approximate surface area is 93.0 Å². The fraction of sp³-hybridized carbons (Fsp3) is 0.167. The highest BCUT2D eigenvalue weighted by Gasteiger charge is 2.11. The fourth-order valence-corrected chi connectivity index (χ4v) is 1.66. The molecule has 0 saturated carbocycles. The number of nitrogens with zero attached hydrogens (tertiary/aromatic N) is 2. The maximum atomic E-state index is 8.96. The van der Waals surface area contributed by atoms with Crippen molar-refractivity contribution in [3.63, 3.8) is 0 Å². The molecule has 1 heterocycles. The van der Waals surface area contributed by atoms with Gasteiger partial charge in [0.2, 0.25) is 0 Å². The second-order valence-corrected chi connectivity index (χ2v) is 3.20. The largest absolute Gasteiger partial charge is 0.493 e. The summed E-state index contributed by atoms with van der Waals surface area (Å²) in [6.45, 7) is 0. The van der Waals surface area contributed by atoms with Gasteiger partial charge in [-0.25, -0.2) is 0 Å². The van der Waals surface area contributed by atoms with E-state index in [0.717, 1.165) is 10.8 Å². The number of pyridine rings is 1. The van der Waals surface area contributed by atoms with Crippen LogP contribution in [0.15, 0.2) is 24.5 Å². The van der Waals surface area contributed by atoms with Gasteiger partial charge in [-0.05, 0) is 12.1 Å². The van der Waals surface area contributed by atoms with Crippen molar-refractivity contribution >= 4 is 10.8 Å². The lowest BCUT2D eigenvalue weighted by molar-refractivity contribution is 0.358. The van der Waals surface area contributed by atoms with E-state index in [2.05, 4.69) is 11.1 Å². The molecule has 1 aromatic carbocycles. The summed E-state index contributed by atoms with van der Waals surface area (Å²) in [5.41, 5.74) is 0.526. The topological polar surface area (TPSA) is 55.1 Å². The molecule has 0 bridgehead atoms. The highest BCUT2D eigenvalue weighted by Crippen LogP contribution is 2.35. The minimum absolute atomic E-state index is 0.526. The van der Waals surface area contributed by atoms with Gasteiger partial charge in [0, 0.05) is 23.2 Å². The van der Waals surface area contributed by atoms with E-state index in [4.69, 9.17) is 14.7 Å². The van der Waals surface area contributed by atoms with Crippen molar-refractivity contribution in [1.29, 1.82) is 5.26 Å². The first kappa shape index (κ1) is 10.2. The van der Waals surface area contributed by atoms with Gasteiger partial charge in [-0.15, -0.1) is 0 Å². The van der Waals surface area contributed by atoms with Crippen molar-refractivity contribution in [3.8, 4) is 17.6 Å². The SMILES string of the molecule is COc1ccc2c(C#N)cncc2c1OC. The summed E-state index contributed by atoms with van der Waals surface area (Å²) in [5.74, 6) is 1.23. The summed E-state index contributed by atoms with van der Waals surface area (Å²) >= 11 is 0. The average Bonchev–Trinajstić information content (AvgIpc) is 2.36. The zero-order valence-electron chi connectivity index (χ0n) is 9.02. The molecular formula is C12H10N2O2. The van der Waals surface area contributed by atoms with Gasteiger partial charge in [0.15, 0.2) is 11.5 Å². The van der Waals surface area contributed by atoms with Gasteiger partial charge in [-0.2, -0.15) is 5.26 Å². The summed E-state index contributed by atoms with van der Waals surface area (Å²) in [6.07, 6.45) is 3.20. The predicted molar refractivity (Wildman–Crippen MR) is 59.6 cm³/mol. The van der Waals surface area contributed by atoms with Crippen LogP contribution in [0.3, 0.4) is 0 Å². The molecule has 0 fully saturated rings. The molecule has 0 N–H and O–H groups in total. The lowest BCUT2D eigenvalue weighted by Gasteiger charge is -2.10. The van der Waals surface area contributed by atoms with Crippen molar-refractivity contribution in [1.82, 2.24) is 4.98 Å². The minimum Gasteiger partial charge on any atom is -0.493 e. The van der Waals surface area contributed by atoms with E-state index < -0.39 is 0 Å². The Morgan fingerprint density at radius 2 is 1.94 bits per heavy atom. The second kappa shape index (κ2) is 4.07. The Bertz CT molecular complexity index is 573. The molecule has 1 aromatic heterocycles. The van der Waals surface area contributed by atoms with E-state index in [0.29, 0.717) is 17.1 Å². The van der Waals surface area contributed by atoms with Gasteiger partial charge in [0.1, 0.15) is 6.07 Å². The lowest BCUT2D eigenvalue weighted by Crippen LogP contribution is -1.93. The molecule has 0 saturated heterocycles. The van der Waals surface area contributed by atoms with Crippen molar-refractivity contribution in [2.45, 2.75) is 0 Å². The van der Waals surface area contributed by atoms with Crippen molar-refractivity contribution in [3.05, 3.63) is 30.1 Å². The summed E-state index contributed by atoms with van der Waals surface area (Å²) in [6, 6.07) is 5.71. The Hall–Kier alpha value is -2.28. The number of benzene rings is 1. The van der Waals surface area contributed by atoms with Crippen LogP contribution in [0.1, 0.15) is 5.56 Å². The van der Waals surface area contributed by atoms with Crippen LogP contribution >= 0.6 is 0 Å². The third kappa shape index (κ3) is 1.43. The van der Waals surface area contributed by atoms with Crippen LogP contribution in [0.2, 0.25) is 0 Å². The molecule has 2 aromatic rings. The number of hydrogen-bond donors (Lipinski definition) is 0. The minimum atomic E-state index is 0.526. The maximum Gasteiger partial charge on any atom is 0.170 e. The molecule has 4 heteroatoms. The first-order chi connectivity index (χ1) is 7.81. The van der Waals surface area contributed by atoms with E-state index in [-0.39, 0.29) is 0 Å². The van der Waals surface area contributed by atoms with Crippen molar-refractivity contribution in [2.24, 2.45) is 0 Å². The van der Waals surface area contributed by atoms with Gasteiger partial charge in [-0.3, -0.25) is 4.98 Å². The molecule has 4 nitrogen and oxygen atoms in total. The second-order valence-electron chi connectivity index (χ2n) is 3.20. The fourth-order valence-electron chi connectivity index (χ4n) is 1.66. The van der Waals surface area contributed by atoms with Crippen molar-refractivity contribution in [2.75, 3.05) is 14.2 Å². The zero-order valence-corrected chi connectivity index (χ0v) is 9.02. The molecule has 0 aliphatic heterocycles. The Kier molecular flexibility index (Phi) is 2.61. The van der Waals surface area contributed by atoms with Crippen LogP contribution in [-0.2, 0) is 0 Å². The van der Waals surface area contributed by atoms with Crippen LogP contribution in [0.25, 0.3) is 10.8 Å². The normalized spacial score (nSPS) is 9.81. The standard InChI is InChI=1S/C12H10N2O2/c1-15-11-4-3-9-8(5-13)6-14-7-10(9)12(11)16-2/h3-4,6-7H,1-2H3. The highest BCUT2D eigenvalue weighted by atomic mass is 16.5. The van der Waals surface area contributed by atoms with Crippen LogP contribution in [0, 0.1) is 11.3 Å². The number of hydrogen-bond acceptors (Lipinski definition) is 4. The predicted octanol–water partition coefficient (Wildman–Crippen LogP) is 2.12. The Morgan fingerprint density at radius 1 is 1.12 bits per heavy atom. The quantitative estimate of drug-likeness (QED) is 0.768. The van der Waals surface area contributed by atoms with Gasteiger partial charge in [-0.1, -0.05) is 0 Å². The summed E-state index contributed by atoms with van der Waals surface area (Å²) in [5, 5.41) is 10.6. The van der Waals surface area contributed by atoms with Gasteiger partial charge in [0.25, 0.3) is 0 Å². The van der Waals surface area contributed by atoms with E-state index in [1.807, 2.05) is 6.07 Å². The van der Waals surface area contributed by atoms with Gasteiger partial charge >= 0.3 is 0 Å². The van der Waals surface area contributed by atoms with Crippen LogP contribution in [-0.4, -0.2) is 19.2 Å². The number of aromatic nitrogens is 1. The molecule has 0 aliphatic rings. The zero-order chi connectivity index (χ0) is 11.5. The van der Waals surface area contributed by atoms with Gasteiger partial charge < -0.3 is 9.47 Å². The summed E-state index contributed by atoms with van der Waals surface area (Å²) in [4.78, 5) is 4.01. The first-order valence-electron chi connectivity index (χ1n) is 4.70. The molecule has 2 rings (SSSR count). The molecule has 0 spiro atoms. The first-order valence-corrected chi connectivity index (χ1v) is 4.70. The molecule has 16 heavy (non-hydrogen) atoms. The molecule has 0 amide bonds. The number of fused-ring (bicyclic) bond motifs is 1. The van der Waals surface area contributed by atoms with Crippen molar-refractivity contribution < 1.29 is 9.47 Å². The van der Waals surface area contributed by atoms with E-state index in [1.165, 1.54) is 6.20 Å². The molecule has 0 radical (unpaired) electrons. The molecule has 0 unspecified atom stereocenters. The lowest BCUT2D eigenvalue weighted by atomic mass is 10.1. The Balaban J connectivity index is 2.85. The third-order valence-corrected chi connectivity index (χ3v) is 2.40. The Morgan fingerprint density at radius 3 is 2.56 bits per heavy atom.